The third-order valence-corrected chi connectivity index (χ3v) is 2.62. The molecule has 4 nitrogen and oxygen atoms in total. The third-order valence-electron chi connectivity index (χ3n) is 2.62. The van der Waals surface area contributed by atoms with Gasteiger partial charge < -0.3 is 10.2 Å². The normalized spacial score (nSPS) is 10.7. The van der Waals surface area contributed by atoms with Gasteiger partial charge in [-0.3, -0.25) is 4.90 Å². The number of hydrogen-bond donors (Lipinski definition) is 2. The van der Waals surface area contributed by atoms with Crippen LogP contribution in [0.2, 0.25) is 0 Å². The lowest BCUT2D eigenvalue weighted by atomic mass is 10.1. The number of aromatic hydroxyl groups is 1. The molecule has 88 valence electrons. The second kappa shape index (κ2) is 5.51. The fraction of sp³-hybridized carbons (Fsp3) is 0.417. The monoisotopic (exact) mass is 223 g/mol. The quantitative estimate of drug-likeness (QED) is 0.800. The summed E-state index contributed by atoms with van der Waals surface area (Å²) in [5, 5.41) is 18.4. The first-order chi connectivity index (χ1) is 7.58. The summed E-state index contributed by atoms with van der Waals surface area (Å²) in [7, 11) is 0. The van der Waals surface area contributed by atoms with Gasteiger partial charge in [-0.2, -0.15) is 0 Å². The SMILES string of the molecule is CCN(CC)Cc1ccc(C(=O)O)cc1O. The van der Waals surface area contributed by atoms with Crippen LogP contribution in [0.4, 0.5) is 0 Å². The Morgan fingerprint density at radius 1 is 1.31 bits per heavy atom. The van der Waals surface area contributed by atoms with E-state index < -0.39 is 5.97 Å². The summed E-state index contributed by atoms with van der Waals surface area (Å²) in [6, 6.07) is 4.47. The fourth-order valence-corrected chi connectivity index (χ4v) is 1.52. The smallest absolute Gasteiger partial charge is 0.335 e. The highest BCUT2D eigenvalue weighted by Crippen LogP contribution is 2.20. The molecule has 2 N–H and O–H groups in total. The highest BCUT2D eigenvalue weighted by atomic mass is 16.4. The molecular formula is C12H17NO3. The van der Waals surface area contributed by atoms with Crippen LogP contribution in [0.15, 0.2) is 18.2 Å². The molecule has 0 heterocycles. The largest absolute Gasteiger partial charge is 0.508 e. The van der Waals surface area contributed by atoms with Crippen LogP contribution in [0.25, 0.3) is 0 Å². The fourth-order valence-electron chi connectivity index (χ4n) is 1.52. The summed E-state index contributed by atoms with van der Waals surface area (Å²) < 4.78 is 0. The maximum Gasteiger partial charge on any atom is 0.335 e. The van der Waals surface area contributed by atoms with Crippen molar-refractivity contribution in [3.8, 4) is 5.75 Å². The molecule has 1 rings (SSSR count). The number of carboxylic acids is 1. The van der Waals surface area contributed by atoms with Crippen molar-refractivity contribution in [2.45, 2.75) is 20.4 Å². The number of hydrogen-bond acceptors (Lipinski definition) is 3. The van der Waals surface area contributed by atoms with Crippen LogP contribution in [-0.4, -0.2) is 34.2 Å². The van der Waals surface area contributed by atoms with E-state index in [1.807, 2.05) is 13.8 Å². The lowest BCUT2D eigenvalue weighted by Crippen LogP contribution is -2.22. The van der Waals surface area contributed by atoms with Gasteiger partial charge in [0.1, 0.15) is 5.75 Å². The Balaban J connectivity index is 2.86. The summed E-state index contributed by atoms with van der Waals surface area (Å²) in [6.45, 7) is 6.53. The molecule has 0 atom stereocenters. The minimum atomic E-state index is -1.02. The third kappa shape index (κ3) is 2.97. The lowest BCUT2D eigenvalue weighted by Gasteiger charge is -2.18. The van der Waals surface area contributed by atoms with Crippen LogP contribution in [0.5, 0.6) is 5.75 Å². The summed E-state index contributed by atoms with van der Waals surface area (Å²) in [5.74, 6) is -0.975. The number of carboxylic acid groups (broad SMARTS) is 1. The second-order valence-electron chi connectivity index (χ2n) is 3.61. The summed E-state index contributed by atoms with van der Waals surface area (Å²) >= 11 is 0. The molecule has 0 unspecified atom stereocenters. The zero-order chi connectivity index (χ0) is 12.1. The average molecular weight is 223 g/mol. The van der Waals surface area contributed by atoms with Gasteiger partial charge in [0, 0.05) is 12.1 Å². The average Bonchev–Trinajstić information content (AvgIpc) is 2.27. The number of phenols is 1. The van der Waals surface area contributed by atoms with E-state index in [1.165, 1.54) is 12.1 Å². The first kappa shape index (κ1) is 12.5. The molecule has 0 fully saturated rings. The van der Waals surface area contributed by atoms with Gasteiger partial charge in [0.25, 0.3) is 0 Å². The van der Waals surface area contributed by atoms with Gasteiger partial charge in [-0.1, -0.05) is 19.9 Å². The molecule has 1 aromatic rings. The van der Waals surface area contributed by atoms with Crippen LogP contribution >= 0.6 is 0 Å². The van der Waals surface area contributed by atoms with E-state index in [-0.39, 0.29) is 11.3 Å². The first-order valence-corrected chi connectivity index (χ1v) is 5.36. The van der Waals surface area contributed by atoms with Gasteiger partial charge in [0.2, 0.25) is 0 Å². The minimum absolute atomic E-state index is 0.0480. The summed E-state index contributed by atoms with van der Waals surface area (Å²) in [5.41, 5.74) is 0.870. The van der Waals surface area contributed by atoms with Crippen molar-refractivity contribution in [2.75, 3.05) is 13.1 Å². The summed E-state index contributed by atoms with van der Waals surface area (Å²) in [6.07, 6.45) is 0. The van der Waals surface area contributed by atoms with Crippen LogP contribution in [0.1, 0.15) is 29.8 Å². The highest BCUT2D eigenvalue weighted by Gasteiger charge is 2.09. The highest BCUT2D eigenvalue weighted by molar-refractivity contribution is 5.88. The molecule has 0 aliphatic carbocycles. The van der Waals surface area contributed by atoms with Gasteiger partial charge in [0.15, 0.2) is 0 Å². The van der Waals surface area contributed by atoms with Crippen LogP contribution in [-0.2, 0) is 6.54 Å². The van der Waals surface area contributed by atoms with Crippen molar-refractivity contribution in [3.05, 3.63) is 29.3 Å². The van der Waals surface area contributed by atoms with Gasteiger partial charge in [-0.05, 0) is 25.2 Å². The molecule has 1 aromatic carbocycles. The molecule has 0 saturated carbocycles. The molecule has 0 radical (unpaired) electrons. The van der Waals surface area contributed by atoms with Gasteiger partial charge in [-0.25, -0.2) is 4.79 Å². The van der Waals surface area contributed by atoms with Gasteiger partial charge in [0.05, 0.1) is 5.56 Å². The standard InChI is InChI=1S/C12H17NO3/c1-3-13(4-2)8-10-6-5-9(12(15)16)7-11(10)14/h5-7,14H,3-4,8H2,1-2H3,(H,15,16). The maximum atomic E-state index is 10.7. The van der Waals surface area contributed by atoms with E-state index in [0.717, 1.165) is 18.7 Å². The Morgan fingerprint density at radius 2 is 1.94 bits per heavy atom. The van der Waals surface area contributed by atoms with Crippen LogP contribution < -0.4 is 0 Å². The van der Waals surface area contributed by atoms with Crippen molar-refractivity contribution in [3.63, 3.8) is 0 Å². The molecule has 0 aliphatic heterocycles. The van der Waals surface area contributed by atoms with Gasteiger partial charge >= 0.3 is 5.97 Å². The van der Waals surface area contributed by atoms with E-state index in [4.69, 9.17) is 5.11 Å². The molecule has 0 aromatic heterocycles. The molecule has 16 heavy (non-hydrogen) atoms. The predicted molar refractivity (Wildman–Crippen MR) is 61.7 cm³/mol. The Hall–Kier alpha value is -1.55. The minimum Gasteiger partial charge on any atom is -0.508 e. The molecule has 0 amide bonds. The Labute approximate surface area is 95.1 Å². The maximum absolute atomic E-state index is 10.7. The number of aromatic carboxylic acids is 1. The number of benzene rings is 1. The van der Waals surface area contributed by atoms with Crippen molar-refractivity contribution in [1.82, 2.24) is 4.90 Å². The molecule has 0 aliphatic rings. The lowest BCUT2D eigenvalue weighted by molar-refractivity contribution is 0.0696. The number of nitrogens with zero attached hydrogens (tertiary/aromatic N) is 1. The summed E-state index contributed by atoms with van der Waals surface area (Å²) in [4.78, 5) is 12.8. The molecular weight excluding hydrogens is 206 g/mol. The van der Waals surface area contributed by atoms with Crippen molar-refractivity contribution >= 4 is 5.97 Å². The van der Waals surface area contributed by atoms with E-state index in [1.54, 1.807) is 6.07 Å². The van der Waals surface area contributed by atoms with E-state index in [9.17, 15) is 9.90 Å². The molecule has 0 bridgehead atoms. The van der Waals surface area contributed by atoms with Crippen molar-refractivity contribution in [2.24, 2.45) is 0 Å². The Bertz CT molecular complexity index is 373. The Kier molecular flexibility index (Phi) is 4.31. The van der Waals surface area contributed by atoms with Crippen molar-refractivity contribution < 1.29 is 15.0 Å². The Morgan fingerprint density at radius 3 is 2.38 bits per heavy atom. The number of phenolic OH excluding ortho intramolecular Hbond substituents is 1. The zero-order valence-electron chi connectivity index (χ0n) is 9.60. The van der Waals surface area contributed by atoms with E-state index >= 15 is 0 Å². The van der Waals surface area contributed by atoms with E-state index in [2.05, 4.69) is 4.90 Å². The zero-order valence-corrected chi connectivity index (χ0v) is 9.60. The van der Waals surface area contributed by atoms with Crippen LogP contribution in [0.3, 0.4) is 0 Å². The number of carbonyl (C=O) groups is 1. The van der Waals surface area contributed by atoms with Crippen molar-refractivity contribution in [1.29, 1.82) is 0 Å². The predicted octanol–water partition coefficient (Wildman–Crippen LogP) is 1.93. The molecule has 4 heteroatoms. The van der Waals surface area contributed by atoms with Crippen LogP contribution in [0, 0.1) is 0 Å². The number of rotatable bonds is 5. The van der Waals surface area contributed by atoms with E-state index in [0.29, 0.717) is 6.54 Å². The second-order valence-corrected chi connectivity index (χ2v) is 3.61. The van der Waals surface area contributed by atoms with Gasteiger partial charge in [-0.15, -0.1) is 0 Å². The molecule has 0 saturated heterocycles. The molecule has 0 spiro atoms. The topological polar surface area (TPSA) is 60.8 Å². The first-order valence-electron chi connectivity index (χ1n) is 5.36.